The average molecular weight is 394 g/mol. The summed E-state index contributed by atoms with van der Waals surface area (Å²) in [4.78, 5) is 11.4. The first kappa shape index (κ1) is 17.8. The SMILES string of the molecule is NNC(=O)CSc1nnc(-c2ccc(Cl)cc2)n1-c1ccc(Cl)cc1. The molecule has 25 heavy (non-hydrogen) atoms. The van der Waals surface area contributed by atoms with Gasteiger partial charge in [-0.1, -0.05) is 35.0 Å². The average Bonchev–Trinajstić information content (AvgIpc) is 3.05. The van der Waals surface area contributed by atoms with Crippen molar-refractivity contribution in [3.05, 3.63) is 58.6 Å². The van der Waals surface area contributed by atoms with Crippen LogP contribution in [0.2, 0.25) is 10.0 Å². The van der Waals surface area contributed by atoms with E-state index in [4.69, 9.17) is 29.0 Å². The number of carbonyl (C=O) groups excluding carboxylic acids is 1. The van der Waals surface area contributed by atoms with E-state index in [1.165, 1.54) is 11.8 Å². The standard InChI is InChI=1S/C16H13Cl2N5OS/c17-11-3-1-10(2-4-11)15-21-22-16(25-9-14(24)20-19)23(15)13-7-5-12(18)6-8-13/h1-8H,9,19H2,(H,20,24). The van der Waals surface area contributed by atoms with Crippen molar-refractivity contribution in [1.29, 1.82) is 0 Å². The Morgan fingerprint density at radius 2 is 1.64 bits per heavy atom. The van der Waals surface area contributed by atoms with E-state index in [1.807, 2.05) is 28.8 Å². The Labute approximate surface area is 158 Å². The summed E-state index contributed by atoms with van der Waals surface area (Å²) >= 11 is 13.2. The molecule has 0 atom stereocenters. The molecule has 9 heteroatoms. The molecule has 0 aliphatic heterocycles. The Balaban J connectivity index is 2.05. The molecule has 3 aromatic rings. The van der Waals surface area contributed by atoms with Crippen molar-refractivity contribution in [3.63, 3.8) is 0 Å². The summed E-state index contributed by atoms with van der Waals surface area (Å²) in [5.41, 5.74) is 3.78. The van der Waals surface area contributed by atoms with Gasteiger partial charge < -0.3 is 0 Å². The molecule has 3 rings (SSSR count). The molecule has 1 heterocycles. The van der Waals surface area contributed by atoms with Crippen molar-refractivity contribution in [3.8, 4) is 17.1 Å². The maximum atomic E-state index is 11.4. The van der Waals surface area contributed by atoms with Gasteiger partial charge >= 0.3 is 0 Å². The normalized spacial score (nSPS) is 10.7. The van der Waals surface area contributed by atoms with E-state index < -0.39 is 0 Å². The van der Waals surface area contributed by atoms with Gasteiger partial charge in [0.1, 0.15) is 0 Å². The predicted octanol–water partition coefficient (Wildman–Crippen LogP) is 3.32. The summed E-state index contributed by atoms with van der Waals surface area (Å²) in [6, 6.07) is 14.6. The van der Waals surface area contributed by atoms with Gasteiger partial charge in [-0.25, -0.2) is 5.84 Å². The number of nitrogens with zero attached hydrogens (tertiary/aromatic N) is 3. The number of hydrazine groups is 1. The zero-order chi connectivity index (χ0) is 17.8. The van der Waals surface area contributed by atoms with Crippen molar-refractivity contribution in [1.82, 2.24) is 20.2 Å². The van der Waals surface area contributed by atoms with Gasteiger partial charge in [-0.15, -0.1) is 10.2 Å². The molecule has 1 aromatic heterocycles. The molecule has 3 N–H and O–H groups in total. The molecule has 0 bridgehead atoms. The first-order valence-electron chi connectivity index (χ1n) is 7.18. The monoisotopic (exact) mass is 393 g/mol. The summed E-state index contributed by atoms with van der Waals surface area (Å²) < 4.78 is 1.86. The first-order valence-corrected chi connectivity index (χ1v) is 8.92. The summed E-state index contributed by atoms with van der Waals surface area (Å²) in [7, 11) is 0. The Hall–Kier alpha value is -2.06. The van der Waals surface area contributed by atoms with Gasteiger partial charge in [0.25, 0.3) is 0 Å². The molecule has 6 nitrogen and oxygen atoms in total. The summed E-state index contributed by atoms with van der Waals surface area (Å²) in [6.45, 7) is 0. The maximum absolute atomic E-state index is 11.4. The number of amides is 1. The lowest BCUT2D eigenvalue weighted by atomic mass is 10.2. The lowest BCUT2D eigenvalue weighted by molar-refractivity contribution is -0.118. The Morgan fingerprint density at radius 3 is 2.24 bits per heavy atom. The van der Waals surface area contributed by atoms with Crippen LogP contribution in [0.25, 0.3) is 17.1 Å². The zero-order valence-electron chi connectivity index (χ0n) is 12.8. The number of nitrogens with one attached hydrogen (secondary N) is 1. The number of nitrogens with two attached hydrogens (primary N) is 1. The summed E-state index contributed by atoms with van der Waals surface area (Å²) in [5.74, 6) is 5.59. The molecule has 0 aliphatic carbocycles. The van der Waals surface area contributed by atoms with Crippen LogP contribution in [0.1, 0.15) is 0 Å². The van der Waals surface area contributed by atoms with Gasteiger partial charge in [-0.05, 0) is 48.5 Å². The minimum Gasteiger partial charge on any atom is -0.294 e. The van der Waals surface area contributed by atoms with Crippen LogP contribution < -0.4 is 11.3 Å². The van der Waals surface area contributed by atoms with Crippen LogP contribution in [0.3, 0.4) is 0 Å². The first-order chi connectivity index (χ1) is 12.1. The highest BCUT2D eigenvalue weighted by Gasteiger charge is 2.17. The van der Waals surface area contributed by atoms with E-state index >= 15 is 0 Å². The van der Waals surface area contributed by atoms with Crippen LogP contribution in [0.15, 0.2) is 53.7 Å². The molecule has 0 unspecified atom stereocenters. The van der Waals surface area contributed by atoms with E-state index in [-0.39, 0.29) is 11.7 Å². The van der Waals surface area contributed by atoms with Gasteiger partial charge in [0.2, 0.25) is 5.91 Å². The largest absolute Gasteiger partial charge is 0.294 e. The Kier molecular flexibility index (Phi) is 5.60. The number of halogens is 2. The minimum absolute atomic E-state index is 0.128. The molecule has 2 aromatic carbocycles. The molecule has 0 saturated carbocycles. The van der Waals surface area contributed by atoms with E-state index in [2.05, 4.69) is 15.6 Å². The second-order valence-corrected chi connectivity index (χ2v) is 6.80. The summed E-state index contributed by atoms with van der Waals surface area (Å²) in [5, 5.41) is 10.3. The van der Waals surface area contributed by atoms with Crippen LogP contribution >= 0.6 is 35.0 Å². The highest BCUT2D eigenvalue weighted by atomic mass is 35.5. The molecule has 0 spiro atoms. The lowest BCUT2D eigenvalue weighted by Crippen LogP contribution is -2.31. The molecular weight excluding hydrogens is 381 g/mol. The fourth-order valence-corrected chi connectivity index (χ4v) is 3.16. The van der Waals surface area contributed by atoms with Crippen LogP contribution in [-0.4, -0.2) is 26.4 Å². The van der Waals surface area contributed by atoms with Crippen molar-refractivity contribution in [2.24, 2.45) is 5.84 Å². The topological polar surface area (TPSA) is 85.8 Å². The van der Waals surface area contributed by atoms with Crippen molar-refractivity contribution in [2.75, 3.05) is 5.75 Å². The van der Waals surface area contributed by atoms with E-state index in [9.17, 15) is 4.79 Å². The quantitative estimate of drug-likeness (QED) is 0.300. The third kappa shape index (κ3) is 4.13. The van der Waals surface area contributed by atoms with Gasteiger partial charge in [0.05, 0.1) is 5.75 Å². The fourth-order valence-electron chi connectivity index (χ4n) is 2.14. The van der Waals surface area contributed by atoms with Crippen LogP contribution in [0.5, 0.6) is 0 Å². The number of carbonyl (C=O) groups is 1. The Morgan fingerprint density at radius 1 is 1.04 bits per heavy atom. The smallest absolute Gasteiger partial charge is 0.244 e. The van der Waals surface area contributed by atoms with E-state index in [0.717, 1.165) is 11.3 Å². The molecule has 128 valence electrons. The van der Waals surface area contributed by atoms with Gasteiger partial charge in [0.15, 0.2) is 11.0 Å². The number of thioether (sulfide) groups is 1. The Bertz CT molecular complexity index is 881. The molecule has 0 aliphatic rings. The molecule has 0 fully saturated rings. The molecular formula is C16H13Cl2N5OS. The third-order valence-corrected chi connectivity index (χ3v) is 4.75. The number of hydrogen-bond donors (Lipinski definition) is 2. The summed E-state index contributed by atoms with van der Waals surface area (Å²) in [6.07, 6.45) is 0. The molecule has 0 radical (unpaired) electrons. The molecule has 1 amide bonds. The lowest BCUT2D eigenvalue weighted by Gasteiger charge is -2.10. The number of benzene rings is 2. The second-order valence-electron chi connectivity index (χ2n) is 4.98. The maximum Gasteiger partial charge on any atom is 0.244 e. The molecule has 0 saturated heterocycles. The van der Waals surface area contributed by atoms with Gasteiger partial charge in [-0.3, -0.25) is 14.8 Å². The number of aromatic nitrogens is 3. The third-order valence-electron chi connectivity index (χ3n) is 3.31. The zero-order valence-corrected chi connectivity index (χ0v) is 15.1. The predicted molar refractivity (Wildman–Crippen MR) is 99.9 cm³/mol. The van der Waals surface area contributed by atoms with Crippen LogP contribution in [0, 0.1) is 0 Å². The van der Waals surface area contributed by atoms with Crippen LogP contribution in [0.4, 0.5) is 0 Å². The van der Waals surface area contributed by atoms with Crippen molar-refractivity contribution in [2.45, 2.75) is 5.16 Å². The number of hydrogen-bond acceptors (Lipinski definition) is 5. The minimum atomic E-state index is -0.302. The van der Waals surface area contributed by atoms with Crippen molar-refractivity contribution < 1.29 is 4.79 Å². The van der Waals surface area contributed by atoms with Crippen molar-refractivity contribution >= 4 is 40.9 Å². The second kappa shape index (κ2) is 7.88. The van der Waals surface area contributed by atoms with E-state index in [0.29, 0.717) is 21.0 Å². The number of rotatable bonds is 5. The van der Waals surface area contributed by atoms with Gasteiger partial charge in [0, 0.05) is 21.3 Å². The van der Waals surface area contributed by atoms with Gasteiger partial charge in [-0.2, -0.15) is 0 Å². The van der Waals surface area contributed by atoms with E-state index in [1.54, 1.807) is 24.3 Å². The highest BCUT2D eigenvalue weighted by molar-refractivity contribution is 7.99. The van der Waals surface area contributed by atoms with Crippen LogP contribution in [-0.2, 0) is 4.79 Å². The fraction of sp³-hybridized carbons (Fsp3) is 0.0625. The highest BCUT2D eigenvalue weighted by Crippen LogP contribution is 2.29.